The first-order valence-corrected chi connectivity index (χ1v) is 8.45. The summed E-state index contributed by atoms with van der Waals surface area (Å²) < 4.78 is 2.02. The average molecular weight is 359 g/mol. The number of anilines is 1. The van der Waals surface area contributed by atoms with E-state index in [-0.39, 0.29) is 11.5 Å². The van der Waals surface area contributed by atoms with E-state index in [4.69, 9.17) is 5.11 Å². The van der Waals surface area contributed by atoms with Gasteiger partial charge in [0.05, 0.1) is 22.5 Å². The highest BCUT2D eigenvalue weighted by Crippen LogP contribution is 2.28. The predicted molar refractivity (Wildman–Crippen MR) is 105 cm³/mol. The number of hydrazone groups is 1. The van der Waals surface area contributed by atoms with Gasteiger partial charge in [0, 0.05) is 29.7 Å². The van der Waals surface area contributed by atoms with Crippen LogP contribution in [0.1, 0.15) is 22.8 Å². The number of carboxylic acids is 1. The molecule has 27 heavy (non-hydrogen) atoms. The molecule has 6 nitrogen and oxygen atoms in total. The van der Waals surface area contributed by atoms with Gasteiger partial charge in [0.25, 0.3) is 5.91 Å². The Kier molecular flexibility index (Phi) is 3.88. The van der Waals surface area contributed by atoms with E-state index in [2.05, 4.69) is 5.10 Å². The molecule has 0 atom stereocenters. The van der Waals surface area contributed by atoms with Crippen molar-refractivity contribution in [1.82, 2.24) is 4.57 Å². The molecule has 4 rings (SSSR count). The molecule has 3 aromatic rings. The first kappa shape index (κ1) is 16.8. The highest BCUT2D eigenvalue weighted by molar-refractivity contribution is 6.32. The number of hydrogen-bond acceptors (Lipinski definition) is 3. The molecule has 0 spiro atoms. The zero-order chi connectivity index (χ0) is 19.1. The Hall–Kier alpha value is -3.67. The van der Waals surface area contributed by atoms with E-state index in [0.717, 1.165) is 16.5 Å². The minimum Gasteiger partial charge on any atom is -0.478 e. The van der Waals surface area contributed by atoms with Crippen LogP contribution >= 0.6 is 0 Å². The van der Waals surface area contributed by atoms with Gasteiger partial charge in [-0.1, -0.05) is 18.2 Å². The Morgan fingerprint density at radius 2 is 1.81 bits per heavy atom. The van der Waals surface area contributed by atoms with E-state index in [0.29, 0.717) is 17.0 Å². The molecular weight excluding hydrogens is 342 g/mol. The lowest BCUT2D eigenvalue weighted by Crippen LogP contribution is -2.21. The van der Waals surface area contributed by atoms with Crippen molar-refractivity contribution in [2.24, 2.45) is 12.1 Å². The standard InChI is InChI=1S/C21H17N3O3/c1-13-18(11-15-12-23(2)19-6-4-3-5-17(15)19)20(25)24(22-13)16-9-7-14(8-10-16)21(26)27/h3-12H,1-2H3,(H,26,27). The molecule has 0 fully saturated rings. The van der Waals surface area contributed by atoms with E-state index in [1.54, 1.807) is 19.1 Å². The fraction of sp³-hybridized carbons (Fsp3) is 0.0952. The SMILES string of the molecule is CC1=NN(c2ccc(C(=O)O)cc2)C(=O)C1=Cc1cn(C)c2ccccc12. The monoisotopic (exact) mass is 359 g/mol. The second-order valence-corrected chi connectivity index (χ2v) is 6.42. The second kappa shape index (κ2) is 6.25. The maximum Gasteiger partial charge on any atom is 0.335 e. The fourth-order valence-electron chi connectivity index (χ4n) is 3.25. The van der Waals surface area contributed by atoms with E-state index < -0.39 is 5.97 Å². The lowest BCUT2D eigenvalue weighted by molar-refractivity contribution is -0.114. The van der Waals surface area contributed by atoms with Crippen LogP contribution < -0.4 is 5.01 Å². The number of fused-ring (bicyclic) bond motifs is 1. The van der Waals surface area contributed by atoms with Crippen LogP contribution in [0.5, 0.6) is 0 Å². The molecule has 1 aliphatic heterocycles. The summed E-state index contributed by atoms with van der Waals surface area (Å²) in [5.41, 5.74) is 3.88. The molecule has 0 saturated carbocycles. The van der Waals surface area contributed by atoms with Crippen molar-refractivity contribution in [2.45, 2.75) is 6.92 Å². The lowest BCUT2D eigenvalue weighted by atomic mass is 10.1. The Balaban J connectivity index is 1.71. The molecule has 2 aromatic carbocycles. The van der Waals surface area contributed by atoms with Gasteiger partial charge in [0.15, 0.2) is 0 Å². The molecular formula is C21H17N3O3. The number of aromatic nitrogens is 1. The van der Waals surface area contributed by atoms with Crippen molar-refractivity contribution >= 4 is 40.3 Å². The quantitative estimate of drug-likeness (QED) is 0.725. The van der Waals surface area contributed by atoms with Crippen LogP contribution in [-0.2, 0) is 11.8 Å². The summed E-state index contributed by atoms with van der Waals surface area (Å²) in [7, 11) is 1.97. The molecule has 0 bridgehead atoms. The number of carbonyl (C=O) groups is 2. The third-order valence-electron chi connectivity index (χ3n) is 4.65. The topological polar surface area (TPSA) is 74.9 Å². The van der Waals surface area contributed by atoms with Crippen LogP contribution in [0.2, 0.25) is 0 Å². The van der Waals surface area contributed by atoms with Gasteiger partial charge >= 0.3 is 5.97 Å². The van der Waals surface area contributed by atoms with Crippen molar-refractivity contribution in [2.75, 3.05) is 5.01 Å². The van der Waals surface area contributed by atoms with Crippen molar-refractivity contribution < 1.29 is 14.7 Å². The summed E-state index contributed by atoms with van der Waals surface area (Å²) in [6.07, 6.45) is 3.84. The number of aryl methyl sites for hydroxylation is 1. The van der Waals surface area contributed by atoms with E-state index >= 15 is 0 Å². The van der Waals surface area contributed by atoms with Gasteiger partial charge in [-0.05, 0) is 43.3 Å². The fourth-order valence-corrected chi connectivity index (χ4v) is 3.25. The summed E-state index contributed by atoms with van der Waals surface area (Å²) in [5.74, 6) is -1.24. The maximum absolute atomic E-state index is 12.9. The van der Waals surface area contributed by atoms with E-state index in [1.807, 2.05) is 48.2 Å². The van der Waals surface area contributed by atoms with Gasteiger partial charge in [0.1, 0.15) is 0 Å². The average Bonchev–Trinajstić information content (AvgIpc) is 3.13. The van der Waals surface area contributed by atoms with Gasteiger partial charge in [-0.3, -0.25) is 4.79 Å². The molecule has 0 saturated heterocycles. The van der Waals surface area contributed by atoms with E-state index in [1.165, 1.54) is 17.1 Å². The number of amides is 1. The van der Waals surface area contributed by atoms with Crippen LogP contribution in [0.3, 0.4) is 0 Å². The Labute approximate surface area is 155 Å². The van der Waals surface area contributed by atoms with Gasteiger partial charge in [-0.2, -0.15) is 10.1 Å². The van der Waals surface area contributed by atoms with Gasteiger partial charge in [0.2, 0.25) is 0 Å². The summed E-state index contributed by atoms with van der Waals surface area (Å²) in [6, 6.07) is 14.1. The molecule has 6 heteroatoms. The molecule has 1 amide bonds. The summed E-state index contributed by atoms with van der Waals surface area (Å²) in [6.45, 7) is 1.79. The highest BCUT2D eigenvalue weighted by Gasteiger charge is 2.29. The van der Waals surface area contributed by atoms with E-state index in [9.17, 15) is 9.59 Å². The van der Waals surface area contributed by atoms with Crippen molar-refractivity contribution in [1.29, 1.82) is 0 Å². The number of nitrogens with zero attached hydrogens (tertiary/aromatic N) is 3. The molecule has 2 heterocycles. The minimum atomic E-state index is -1.01. The third-order valence-corrected chi connectivity index (χ3v) is 4.65. The van der Waals surface area contributed by atoms with Gasteiger partial charge in [-0.25, -0.2) is 4.79 Å². The molecule has 1 aromatic heterocycles. The summed E-state index contributed by atoms with van der Waals surface area (Å²) in [5, 5.41) is 15.7. The number of hydrogen-bond donors (Lipinski definition) is 1. The Bertz CT molecular complexity index is 1140. The first-order valence-electron chi connectivity index (χ1n) is 8.45. The van der Waals surface area contributed by atoms with Crippen molar-refractivity contribution in [3.05, 3.63) is 71.4 Å². The Morgan fingerprint density at radius 3 is 2.52 bits per heavy atom. The second-order valence-electron chi connectivity index (χ2n) is 6.42. The lowest BCUT2D eigenvalue weighted by Gasteiger charge is -2.11. The highest BCUT2D eigenvalue weighted by atomic mass is 16.4. The number of rotatable bonds is 3. The maximum atomic E-state index is 12.9. The normalized spacial score (nSPS) is 15.6. The molecule has 0 aliphatic carbocycles. The number of carbonyl (C=O) groups excluding carboxylic acids is 1. The van der Waals surface area contributed by atoms with Crippen LogP contribution in [0.15, 0.2) is 65.4 Å². The Morgan fingerprint density at radius 1 is 1.11 bits per heavy atom. The zero-order valence-electron chi connectivity index (χ0n) is 14.9. The molecule has 0 radical (unpaired) electrons. The summed E-state index contributed by atoms with van der Waals surface area (Å²) >= 11 is 0. The minimum absolute atomic E-state index is 0.164. The number of carboxylic acid groups (broad SMARTS) is 1. The van der Waals surface area contributed by atoms with Gasteiger partial charge < -0.3 is 9.67 Å². The summed E-state index contributed by atoms with van der Waals surface area (Å²) in [4.78, 5) is 23.9. The molecule has 0 unspecified atom stereocenters. The van der Waals surface area contributed by atoms with Crippen LogP contribution in [0, 0.1) is 0 Å². The van der Waals surface area contributed by atoms with Gasteiger partial charge in [-0.15, -0.1) is 0 Å². The predicted octanol–water partition coefficient (Wildman–Crippen LogP) is 3.68. The zero-order valence-corrected chi connectivity index (χ0v) is 14.9. The number of aromatic carboxylic acids is 1. The largest absolute Gasteiger partial charge is 0.478 e. The molecule has 134 valence electrons. The van der Waals surface area contributed by atoms with Crippen molar-refractivity contribution in [3.8, 4) is 0 Å². The third kappa shape index (κ3) is 2.81. The van der Waals surface area contributed by atoms with Crippen LogP contribution in [0.25, 0.3) is 17.0 Å². The number of para-hydroxylation sites is 1. The molecule has 1 aliphatic rings. The number of benzene rings is 2. The first-order chi connectivity index (χ1) is 13.0. The van der Waals surface area contributed by atoms with Crippen LogP contribution in [-0.4, -0.2) is 27.3 Å². The smallest absolute Gasteiger partial charge is 0.335 e. The van der Waals surface area contributed by atoms with Crippen molar-refractivity contribution in [3.63, 3.8) is 0 Å². The van der Waals surface area contributed by atoms with Crippen LogP contribution in [0.4, 0.5) is 5.69 Å². The molecule has 1 N–H and O–H groups in total.